The summed E-state index contributed by atoms with van der Waals surface area (Å²) in [7, 11) is 0. The standard InChI is InChI=1S/C26H30N8O4.C2H6/c1-26(2,3)38-25(37)34-7-4-5-17(15-34)11-29-20-9-22(32-23-14-28-19(10-27)12-30-23)31-13-21(20)33-8-6-18(16-33)24(35)36;1-2/h6,8-9,12-14,16-17H,4-5,7,11,15H2,1-3H3,(H,35,36)(H2,29,30,31,32);1-2H3. The third-order valence-corrected chi connectivity index (χ3v) is 5.88. The second-order valence-electron chi connectivity index (χ2n) is 10.0. The maximum absolute atomic E-state index is 12.6. The molecule has 0 aliphatic carbocycles. The molecule has 4 heterocycles. The van der Waals surface area contributed by atoms with E-state index in [0.29, 0.717) is 42.6 Å². The minimum absolute atomic E-state index is 0.159. The predicted octanol–water partition coefficient (Wildman–Crippen LogP) is 5.06. The highest BCUT2D eigenvalue weighted by molar-refractivity contribution is 5.87. The molecule has 3 N–H and O–H groups in total. The molecule has 0 saturated carbocycles. The van der Waals surface area contributed by atoms with E-state index in [-0.39, 0.29) is 23.3 Å². The van der Waals surface area contributed by atoms with E-state index in [2.05, 4.69) is 25.6 Å². The van der Waals surface area contributed by atoms with Crippen molar-refractivity contribution in [3.8, 4) is 11.8 Å². The number of carbonyl (C=O) groups excluding carboxylic acids is 1. The van der Waals surface area contributed by atoms with Crippen LogP contribution in [0.2, 0.25) is 0 Å². The average Bonchev–Trinajstić information content (AvgIpc) is 3.43. The Morgan fingerprint density at radius 1 is 1.18 bits per heavy atom. The van der Waals surface area contributed by atoms with Crippen molar-refractivity contribution in [1.82, 2.24) is 24.4 Å². The minimum atomic E-state index is -1.02. The highest BCUT2D eigenvalue weighted by Gasteiger charge is 2.27. The first-order chi connectivity index (χ1) is 19.1. The summed E-state index contributed by atoms with van der Waals surface area (Å²) in [6, 6.07) is 5.24. The van der Waals surface area contributed by atoms with Crippen LogP contribution in [0.1, 0.15) is 63.5 Å². The fourth-order valence-electron chi connectivity index (χ4n) is 4.10. The summed E-state index contributed by atoms with van der Waals surface area (Å²) < 4.78 is 7.24. The maximum Gasteiger partial charge on any atom is 0.410 e. The number of likely N-dealkylation sites (tertiary alicyclic amines) is 1. The second kappa shape index (κ2) is 13.4. The van der Waals surface area contributed by atoms with Crippen LogP contribution in [0.25, 0.3) is 5.69 Å². The topological polar surface area (TPSA) is 158 Å². The SMILES string of the molecule is CC.CC(C)(C)OC(=O)N1CCCC(CNc2cc(Nc3cnc(C#N)cn3)ncc2-n2ccc(C(=O)O)c2)C1. The fourth-order valence-corrected chi connectivity index (χ4v) is 4.10. The van der Waals surface area contributed by atoms with E-state index in [9.17, 15) is 14.7 Å². The number of nitrogens with one attached hydrogen (secondary N) is 2. The van der Waals surface area contributed by atoms with Crippen LogP contribution in [0.5, 0.6) is 0 Å². The van der Waals surface area contributed by atoms with Gasteiger partial charge < -0.3 is 29.9 Å². The number of aromatic carboxylic acids is 1. The van der Waals surface area contributed by atoms with Crippen LogP contribution >= 0.6 is 0 Å². The number of anilines is 3. The van der Waals surface area contributed by atoms with Gasteiger partial charge in [-0.05, 0) is 45.6 Å². The summed E-state index contributed by atoms with van der Waals surface area (Å²) in [6.07, 6.45) is 9.13. The highest BCUT2D eigenvalue weighted by atomic mass is 16.6. The molecule has 0 radical (unpaired) electrons. The Kier molecular flexibility index (Phi) is 10.0. The Labute approximate surface area is 234 Å². The molecule has 1 aliphatic rings. The molecule has 212 valence electrons. The summed E-state index contributed by atoms with van der Waals surface area (Å²) in [6.45, 7) is 11.4. The number of piperidine rings is 1. The van der Waals surface area contributed by atoms with E-state index in [1.807, 2.05) is 40.7 Å². The molecule has 1 unspecified atom stereocenters. The van der Waals surface area contributed by atoms with Gasteiger partial charge in [-0.25, -0.2) is 24.5 Å². The maximum atomic E-state index is 12.6. The van der Waals surface area contributed by atoms with Crippen LogP contribution < -0.4 is 10.6 Å². The minimum Gasteiger partial charge on any atom is -0.478 e. The molecular weight excluding hydrogens is 512 g/mol. The first kappa shape index (κ1) is 29.9. The summed E-state index contributed by atoms with van der Waals surface area (Å²) in [5.74, 6) is 0.0789. The van der Waals surface area contributed by atoms with Crippen molar-refractivity contribution >= 4 is 29.4 Å². The van der Waals surface area contributed by atoms with E-state index in [0.717, 1.165) is 12.8 Å². The van der Waals surface area contributed by atoms with Gasteiger partial charge in [0.1, 0.15) is 23.3 Å². The van der Waals surface area contributed by atoms with Crippen LogP contribution in [0, 0.1) is 17.2 Å². The van der Waals surface area contributed by atoms with Crippen molar-refractivity contribution in [2.45, 2.75) is 53.1 Å². The lowest BCUT2D eigenvalue weighted by Crippen LogP contribution is -2.44. The van der Waals surface area contributed by atoms with Crippen LogP contribution in [-0.2, 0) is 4.74 Å². The number of aromatic nitrogens is 4. The smallest absolute Gasteiger partial charge is 0.410 e. The first-order valence-corrected chi connectivity index (χ1v) is 13.2. The molecule has 1 amide bonds. The molecule has 0 bridgehead atoms. The van der Waals surface area contributed by atoms with Gasteiger partial charge >= 0.3 is 12.1 Å². The third-order valence-electron chi connectivity index (χ3n) is 5.88. The quantitative estimate of drug-likeness (QED) is 0.364. The van der Waals surface area contributed by atoms with Gasteiger partial charge in [0, 0.05) is 38.1 Å². The molecule has 1 fully saturated rings. The Morgan fingerprint density at radius 2 is 1.93 bits per heavy atom. The zero-order chi connectivity index (χ0) is 29.3. The molecule has 1 aliphatic heterocycles. The lowest BCUT2D eigenvalue weighted by molar-refractivity contribution is 0.0172. The summed E-state index contributed by atoms with van der Waals surface area (Å²) in [5.41, 5.74) is 1.18. The Balaban J connectivity index is 0.00000216. The number of hydrogen-bond donors (Lipinski definition) is 3. The van der Waals surface area contributed by atoms with Gasteiger partial charge in [-0.2, -0.15) is 5.26 Å². The van der Waals surface area contributed by atoms with Crippen molar-refractivity contribution in [3.63, 3.8) is 0 Å². The van der Waals surface area contributed by atoms with Crippen LogP contribution in [0.3, 0.4) is 0 Å². The molecule has 0 spiro atoms. The Hall–Kier alpha value is -4.66. The zero-order valence-electron chi connectivity index (χ0n) is 23.5. The lowest BCUT2D eigenvalue weighted by Gasteiger charge is -2.34. The van der Waals surface area contributed by atoms with E-state index < -0.39 is 11.6 Å². The number of carboxylic acid groups (broad SMARTS) is 1. The number of carbonyl (C=O) groups is 2. The van der Waals surface area contributed by atoms with E-state index >= 15 is 0 Å². The number of nitriles is 1. The molecule has 3 aromatic rings. The van der Waals surface area contributed by atoms with Crippen molar-refractivity contribution < 1.29 is 19.4 Å². The van der Waals surface area contributed by atoms with Gasteiger partial charge in [0.05, 0.1) is 35.5 Å². The monoisotopic (exact) mass is 548 g/mol. The molecule has 1 saturated heterocycles. The van der Waals surface area contributed by atoms with Crippen LogP contribution in [-0.4, -0.2) is 66.8 Å². The number of hydrogen-bond acceptors (Lipinski definition) is 9. The van der Waals surface area contributed by atoms with Crippen molar-refractivity contribution in [1.29, 1.82) is 5.26 Å². The highest BCUT2D eigenvalue weighted by Crippen LogP contribution is 2.27. The van der Waals surface area contributed by atoms with E-state index in [4.69, 9.17) is 10.00 Å². The van der Waals surface area contributed by atoms with Crippen LogP contribution in [0.4, 0.5) is 22.1 Å². The number of carboxylic acids is 1. The largest absolute Gasteiger partial charge is 0.478 e. The molecule has 1 atom stereocenters. The normalized spacial score (nSPS) is 14.8. The lowest BCUT2D eigenvalue weighted by atomic mass is 9.98. The van der Waals surface area contributed by atoms with Gasteiger partial charge in [0.2, 0.25) is 0 Å². The summed E-state index contributed by atoms with van der Waals surface area (Å²) >= 11 is 0. The predicted molar refractivity (Wildman–Crippen MR) is 151 cm³/mol. The fraction of sp³-hybridized carbons (Fsp3) is 0.429. The second-order valence-corrected chi connectivity index (χ2v) is 10.0. The summed E-state index contributed by atoms with van der Waals surface area (Å²) in [4.78, 5) is 38.4. The summed E-state index contributed by atoms with van der Waals surface area (Å²) in [5, 5.41) is 24.8. The van der Waals surface area contributed by atoms with E-state index in [1.165, 1.54) is 24.7 Å². The Morgan fingerprint density at radius 3 is 2.55 bits per heavy atom. The Bertz CT molecular complexity index is 1340. The average molecular weight is 549 g/mol. The van der Waals surface area contributed by atoms with Crippen LogP contribution in [0.15, 0.2) is 43.1 Å². The first-order valence-electron chi connectivity index (χ1n) is 13.2. The van der Waals surface area contributed by atoms with Gasteiger partial charge in [0.15, 0.2) is 5.69 Å². The van der Waals surface area contributed by atoms with Crippen molar-refractivity contribution in [2.24, 2.45) is 5.92 Å². The molecule has 0 aromatic carbocycles. The van der Waals surface area contributed by atoms with Gasteiger partial charge in [0.25, 0.3) is 0 Å². The number of amides is 1. The zero-order valence-corrected chi connectivity index (χ0v) is 23.5. The number of rotatable bonds is 7. The number of pyridine rings is 1. The molecule has 4 rings (SSSR count). The molecular formula is C28H36N8O4. The number of nitrogens with zero attached hydrogens (tertiary/aromatic N) is 6. The van der Waals surface area contributed by atoms with Gasteiger partial charge in [-0.3, -0.25) is 0 Å². The number of ether oxygens (including phenoxy) is 1. The molecule has 3 aromatic heterocycles. The van der Waals surface area contributed by atoms with Gasteiger partial charge in [-0.15, -0.1) is 0 Å². The van der Waals surface area contributed by atoms with Crippen molar-refractivity contribution in [2.75, 3.05) is 30.3 Å². The molecule has 12 heteroatoms. The third kappa shape index (κ3) is 8.17. The molecule has 40 heavy (non-hydrogen) atoms. The molecule has 12 nitrogen and oxygen atoms in total. The van der Waals surface area contributed by atoms with Crippen molar-refractivity contribution in [3.05, 3.63) is 54.4 Å². The van der Waals surface area contributed by atoms with Gasteiger partial charge in [-0.1, -0.05) is 13.8 Å². The van der Waals surface area contributed by atoms with E-state index in [1.54, 1.807) is 27.9 Å².